The molecule has 7 heteroatoms. The molecular formula is C13H13Cl2NO4. The van der Waals surface area contributed by atoms with Gasteiger partial charge < -0.3 is 15.1 Å². The third-order valence-corrected chi connectivity index (χ3v) is 3.96. The Hall–Kier alpha value is -1.30. The minimum Gasteiger partial charge on any atom is -0.480 e. The van der Waals surface area contributed by atoms with Gasteiger partial charge in [-0.2, -0.15) is 0 Å². The fourth-order valence-corrected chi connectivity index (χ4v) is 2.57. The molecule has 0 bridgehead atoms. The lowest BCUT2D eigenvalue weighted by Crippen LogP contribution is -2.41. The summed E-state index contributed by atoms with van der Waals surface area (Å²) in [5, 5.41) is 19.3. The number of carbonyl (C=O) groups excluding carboxylic acids is 1. The molecule has 2 rings (SSSR count). The highest BCUT2D eigenvalue weighted by atomic mass is 35.5. The van der Waals surface area contributed by atoms with Gasteiger partial charge in [0.25, 0.3) is 0 Å². The zero-order valence-electron chi connectivity index (χ0n) is 10.4. The van der Waals surface area contributed by atoms with Crippen LogP contribution in [0.5, 0.6) is 0 Å². The van der Waals surface area contributed by atoms with E-state index < -0.39 is 18.1 Å². The van der Waals surface area contributed by atoms with Crippen molar-refractivity contribution in [1.29, 1.82) is 0 Å². The van der Waals surface area contributed by atoms with Crippen molar-refractivity contribution >= 4 is 35.1 Å². The standard InChI is InChI=1S/C13H13Cl2NO4/c14-9-2-1-7(3-10(9)15)4-12(18)16-6-8(17)5-11(16)13(19)20/h1-3,8,11,17H,4-6H2,(H,19,20)/t8-,11-/m1/s1. The van der Waals surface area contributed by atoms with E-state index in [9.17, 15) is 14.7 Å². The highest BCUT2D eigenvalue weighted by molar-refractivity contribution is 6.42. The second-order valence-electron chi connectivity index (χ2n) is 4.71. The number of carbonyl (C=O) groups is 2. The first-order valence-electron chi connectivity index (χ1n) is 6.02. The van der Waals surface area contributed by atoms with Crippen molar-refractivity contribution in [2.45, 2.75) is 25.0 Å². The number of amides is 1. The van der Waals surface area contributed by atoms with E-state index in [0.717, 1.165) is 0 Å². The number of aliphatic carboxylic acids is 1. The second kappa shape index (κ2) is 5.99. The Morgan fingerprint density at radius 2 is 2.00 bits per heavy atom. The Morgan fingerprint density at radius 1 is 1.30 bits per heavy atom. The first-order chi connectivity index (χ1) is 9.38. The molecule has 1 aliphatic rings. The van der Waals surface area contributed by atoms with Crippen LogP contribution in [-0.2, 0) is 16.0 Å². The second-order valence-corrected chi connectivity index (χ2v) is 5.53. The summed E-state index contributed by atoms with van der Waals surface area (Å²) in [6.07, 6.45) is -0.718. The number of hydrogen-bond donors (Lipinski definition) is 2. The lowest BCUT2D eigenvalue weighted by atomic mass is 10.1. The smallest absolute Gasteiger partial charge is 0.326 e. The number of nitrogens with zero attached hydrogens (tertiary/aromatic N) is 1. The molecule has 1 aliphatic heterocycles. The molecule has 0 saturated carbocycles. The van der Waals surface area contributed by atoms with E-state index >= 15 is 0 Å². The Balaban J connectivity index is 2.11. The number of carboxylic acid groups (broad SMARTS) is 1. The first kappa shape index (κ1) is 15.1. The highest BCUT2D eigenvalue weighted by Crippen LogP contribution is 2.24. The molecule has 0 unspecified atom stereocenters. The number of aliphatic hydroxyl groups is 1. The zero-order chi connectivity index (χ0) is 14.9. The predicted octanol–water partition coefficient (Wildman–Crippen LogP) is 1.58. The molecule has 0 radical (unpaired) electrons. The Morgan fingerprint density at radius 3 is 2.60 bits per heavy atom. The van der Waals surface area contributed by atoms with Crippen molar-refractivity contribution in [1.82, 2.24) is 4.90 Å². The fraction of sp³-hybridized carbons (Fsp3) is 0.385. The van der Waals surface area contributed by atoms with Gasteiger partial charge >= 0.3 is 5.97 Å². The van der Waals surface area contributed by atoms with Crippen molar-refractivity contribution in [3.8, 4) is 0 Å². The van der Waals surface area contributed by atoms with E-state index in [-0.39, 0.29) is 25.3 Å². The molecule has 1 heterocycles. The predicted molar refractivity (Wildman–Crippen MR) is 73.9 cm³/mol. The Labute approximate surface area is 125 Å². The monoisotopic (exact) mass is 317 g/mol. The summed E-state index contributed by atoms with van der Waals surface area (Å²) in [6, 6.07) is 3.85. The van der Waals surface area contributed by atoms with Gasteiger partial charge in [-0.15, -0.1) is 0 Å². The van der Waals surface area contributed by atoms with Gasteiger partial charge in [0.1, 0.15) is 6.04 Å². The van der Waals surface area contributed by atoms with E-state index in [1.807, 2.05) is 0 Å². The van der Waals surface area contributed by atoms with Crippen molar-refractivity contribution in [3.05, 3.63) is 33.8 Å². The van der Waals surface area contributed by atoms with Crippen LogP contribution in [0.2, 0.25) is 10.0 Å². The summed E-state index contributed by atoms with van der Waals surface area (Å²) in [4.78, 5) is 24.4. The summed E-state index contributed by atoms with van der Waals surface area (Å²) in [5.41, 5.74) is 0.648. The van der Waals surface area contributed by atoms with E-state index in [1.54, 1.807) is 18.2 Å². The van der Waals surface area contributed by atoms with Crippen LogP contribution >= 0.6 is 23.2 Å². The summed E-state index contributed by atoms with van der Waals surface area (Å²) in [5.74, 6) is -1.46. The van der Waals surface area contributed by atoms with Gasteiger partial charge in [0.05, 0.1) is 22.6 Å². The summed E-state index contributed by atoms with van der Waals surface area (Å²) in [7, 11) is 0. The number of aliphatic hydroxyl groups excluding tert-OH is 1. The average molecular weight is 318 g/mol. The Bertz CT molecular complexity index is 549. The molecule has 5 nitrogen and oxygen atoms in total. The molecule has 0 aromatic heterocycles. The number of carboxylic acids is 1. The molecule has 2 N–H and O–H groups in total. The van der Waals surface area contributed by atoms with Gasteiger partial charge in [-0.3, -0.25) is 4.79 Å². The van der Waals surface area contributed by atoms with E-state index in [0.29, 0.717) is 15.6 Å². The number of halogens is 2. The molecule has 108 valence electrons. The SMILES string of the molecule is O=C(O)[C@H]1C[C@@H](O)CN1C(=O)Cc1ccc(Cl)c(Cl)c1. The summed E-state index contributed by atoms with van der Waals surface area (Å²) >= 11 is 11.7. The summed E-state index contributed by atoms with van der Waals surface area (Å²) < 4.78 is 0. The topological polar surface area (TPSA) is 77.8 Å². The minimum absolute atomic E-state index is 0.0212. The Kier molecular flexibility index (Phi) is 4.52. The van der Waals surface area contributed by atoms with Gasteiger partial charge in [0, 0.05) is 13.0 Å². The van der Waals surface area contributed by atoms with Crippen LogP contribution in [0.15, 0.2) is 18.2 Å². The molecule has 2 atom stereocenters. The maximum Gasteiger partial charge on any atom is 0.326 e. The van der Waals surface area contributed by atoms with Crippen LogP contribution in [-0.4, -0.2) is 45.7 Å². The maximum absolute atomic E-state index is 12.1. The van der Waals surface area contributed by atoms with Crippen LogP contribution in [0, 0.1) is 0 Å². The number of hydrogen-bond acceptors (Lipinski definition) is 3. The highest BCUT2D eigenvalue weighted by Gasteiger charge is 2.38. The number of β-amino-alcohol motifs (C(OH)–C–C–N with tert-alkyl or cyclic N) is 1. The quantitative estimate of drug-likeness (QED) is 0.887. The van der Waals surface area contributed by atoms with E-state index in [4.69, 9.17) is 28.3 Å². The first-order valence-corrected chi connectivity index (χ1v) is 6.78. The van der Waals surface area contributed by atoms with Crippen molar-refractivity contribution in [3.63, 3.8) is 0 Å². The molecule has 1 aromatic rings. The minimum atomic E-state index is -1.11. The molecule has 1 fully saturated rings. The normalized spacial score (nSPS) is 22.1. The number of benzene rings is 1. The lowest BCUT2D eigenvalue weighted by Gasteiger charge is -2.21. The van der Waals surface area contributed by atoms with Crippen molar-refractivity contribution < 1.29 is 19.8 Å². The molecule has 0 aliphatic carbocycles. The van der Waals surface area contributed by atoms with Gasteiger partial charge in [0.15, 0.2) is 0 Å². The maximum atomic E-state index is 12.1. The van der Waals surface area contributed by atoms with Crippen LogP contribution in [0.3, 0.4) is 0 Å². The molecular weight excluding hydrogens is 305 g/mol. The van der Waals surface area contributed by atoms with Crippen LogP contribution in [0.25, 0.3) is 0 Å². The van der Waals surface area contributed by atoms with Gasteiger partial charge in [0.2, 0.25) is 5.91 Å². The molecule has 20 heavy (non-hydrogen) atoms. The van der Waals surface area contributed by atoms with Crippen LogP contribution in [0.4, 0.5) is 0 Å². The van der Waals surface area contributed by atoms with Crippen molar-refractivity contribution in [2.75, 3.05) is 6.54 Å². The fourth-order valence-electron chi connectivity index (χ4n) is 2.25. The van der Waals surface area contributed by atoms with Crippen LogP contribution in [0.1, 0.15) is 12.0 Å². The number of likely N-dealkylation sites (tertiary alicyclic amines) is 1. The van der Waals surface area contributed by atoms with Gasteiger partial charge in [-0.1, -0.05) is 29.3 Å². The van der Waals surface area contributed by atoms with E-state index in [1.165, 1.54) is 4.90 Å². The molecule has 1 saturated heterocycles. The van der Waals surface area contributed by atoms with Crippen LogP contribution < -0.4 is 0 Å². The van der Waals surface area contributed by atoms with E-state index in [2.05, 4.69) is 0 Å². The van der Waals surface area contributed by atoms with Gasteiger partial charge in [-0.05, 0) is 17.7 Å². The molecule has 1 amide bonds. The largest absolute Gasteiger partial charge is 0.480 e. The summed E-state index contributed by atoms with van der Waals surface area (Å²) in [6.45, 7) is 0.0388. The number of rotatable bonds is 3. The zero-order valence-corrected chi connectivity index (χ0v) is 11.9. The third kappa shape index (κ3) is 3.23. The average Bonchev–Trinajstić information content (AvgIpc) is 2.76. The molecule has 1 aromatic carbocycles. The van der Waals surface area contributed by atoms with Crippen molar-refractivity contribution in [2.24, 2.45) is 0 Å². The third-order valence-electron chi connectivity index (χ3n) is 3.22. The molecule has 0 spiro atoms. The van der Waals surface area contributed by atoms with Gasteiger partial charge in [-0.25, -0.2) is 4.79 Å². The lowest BCUT2D eigenvalue weighted by molar-refractivity contribution is -0.148.